The summed E-state index contributed by atoms with van der Waals surface area (Å²) in [5.74, 6) is -1.81. The molecule has 0 N–H and O–H groups in total. The van der Waals surface area contributed by atoms with Crippen LogP contribution in [0.4, 0.5) is 0 Å². The van der Waals surface area contributed by atoms with Gasteiger partial charge in [-0.1, -0.05) is 50.0 Å². The Morgan fingerprint density at radius 1 is 0.810 bits per heavy atom. The fraction of sp³-hybridized carbons (Fsp3) is 0.452. The van der Waals surface area contributed by atoms with Crippen LogP contribution in [0.25, 0.3) is 0 Å². The second kappa shape index (κ2) is 18.0. The number of unbranched alkanes of at least 4 members (excludes halogenated alkanes) is 2. The normalized spacial score (nSPS) is 12.4. The van der Waals surface area contributed by atoms with E-state index in [1.807, 2.05) is 6.92 Å². The van der Waals surface area contributed by atoms with E-state index < -0.39 is 26.7 Å². The van der Waals surface area contributed by atoms with Gasteiger partial charge in [0.25, 0.3) is 5.97 Å². The summed E-state index contributed by atoms with van der Waals surface area (Å²) in [5.41, 5.74) is 0.848. The quantitative estimate of drug-likeness (QED) is 0.0289. The molecule has 0 bridgehead atoms. The largest absolute Gasteiger partial charge is 0.564 e. The topological polar surface area (TPSA) is 127 Å². The number of hydrogen-bond donors (Lipinski definition) is 0. The summed E-state index contributed by atoms with van der Waals surface area (Å²) < 4.78 is 20.9. The van der Waals surface area contributed by atoms with Gasteiger partial charge in [0.15, 0.2) is 0 Å². The molecule has 0 saturated carbocycles. The minimum atomic E-state index is -2.95. The Balaban J connectivity index is 1.99. The van der Waals surface area contributed by atoms with Gasteiger partial charge in [-0.2, -0.15) is 0 Å². The molecule has 2 aromatic rings. The molecule has 0 aliphatic carbocycles. The molecule has 1 atom stereocenters. The molecule has 0 amide bonds. The summed E-state index contributed by atoms with van der Waals surface area (Å²) in [7, 11) is -0.0993. The molecule has 1 unspecified atom stereocenters. The van der Waals surface area contributed by atoms with Crippen LogP contribution in [0, 0.1) is 5.92 Å². The highest BCUT2D eigenvalue weighted by Crippen LogP contribution is 2.21. The molecule has 11 heteroatoms. The Morgan fingerprint density at radius 3 is 2.00 bits per heavy atom. The van der Waals surface area contributed by atoms with Crippen LogP contribution in [-0.2, 0) is 27.7 Å². The highest BCUT2D eigenvalue weighted by molar-refractivity contribution is 6.60. The van der Waals surface area contributed by atoms with Crippen molar-refractivity contribution in [2.24, 2.45) is 11.1 Å². The van der Waals surface area contributed by atoms with Crippen LogP contribution in [0.2, 0.25) is 6.55 Å². The molecule has 0 spiro atoms. The van der Waals surface area contributed by atoms with Crippen LogP contribution in [0.5, 0.6) is 5.75 Å². The van der Waals surface area contributed by atoms with Gasteiger partial charge in [0.05, 0.1) is 5.56 Å². The van der Waals surface area contributed by atoms with Crippen LogP contribution < -0.4 is 4.74 Å². The molecule has 0 radical (unpaired) electrons. The van der Waals surface area contributed by atoms with Crippen LogP contribution in [-0.4, -0.2) is 52.4 Å². The maximum atomic E-state index is 13.5. The fourth-order valence-corrected chi connectivity index (χ4v) is 4.82. The summed E-state index contributed by atoms with van der Waals surface area (Å²) in [6, 6.07) is 14.6. The van der Waals surface area contributed by atoms with Crippen molar-refractivity contribution in [2.45, 2.75) is 71.8 Å². The van der Waals surface area contributed by atoms with Gasteiger partial charge in [-0.25, -0.2) is 4.79 Å². The number of ether oxygens (including phenoxy) is 1. The van der Waals surface area contributed by atoms with E-state index in [1.165, 1.54) is 26.4 Å². The minimum Gasteiger partial charge on any atom is -0.473 e. The van der Waals surface area contributed by atoms with Crippen LogP contribution in [0.3, 0.4) is 0 Å². The molecule has 10 nitrogen and oxygen atoms in total. The lowest BCUT2D eigenvalue weighted by atomic mass is 9.89. The molecule has 0 aliphatic rings. The second-order valence-electron chi connectivity index (χ2n) is 9.75. The third-order valence-electron chi connectivity index (χ3n) is 6.66. The number of nitrogens with zero attached hydrogens (tertiary/aromatic N) is 1. The van der Waals surface area contributed by atoms with E-state index in [4.69, 9.17) is 22.9 Å². The van der Waals surface area contributed by atoms with Gasteiger partial charge >= 0.3 is 20.7 Å². The number of esters is 1. The molecule has 0 saturated heterocycles. The third-order valence-corrected chi connectivity index (χ3v) is 8.74. The highest BCUT2D eigenvalue weighted by atomic mass is 28.4. The molecular formula is C31H41NO9Si. The maximum absolute atomic E-state index is 13.5. The molecule has 42 heavy (non-hydrogen) atoms. The molecular weight excluding hydrogens is 558 g/mol. The van der Waals surface area contributed by atoms with Crippen LogP contribution in [0.15, 0.2) is 59.8 Å². The molecule has 0 heterocycles. The van der Waals surface area contributed by atoms with E-state index in [1.54, 1.807) is 49.0 Å². The second-order valence-corrected chi connectivity index (χ2v) is 12.5. The number of ketones is 1. The zero-order chi connectivity index (χ0) is 31.0. The zero-order valence-corrected chi connectivity index (χ0v) is 26.1. The van der Waals surface area contributed by atoms with Gasteiger partial charge in [-0.05, 0) is 62.1 Å². The summed E-state index contributed by atoms with van der Waals surface area (Å²) >= 11 is 0. The number of carbonyl (C=O) groups excluding carboxylic acids is 4. The summed E-state index contributed by atoms with van der Waals surface area (Å²) in [6.45, 7) is 5.64. The minimum absolute atomic E-state index is 0.108. The van der Waals surface area contributed by atoms with Crippen molar-refractivity contribution in [3.63, 3.8) is 0 Å². The first kappa shape index (κ1) is 34.5. The van der Waals surface area contributed by atoms with E-state index in [-0.39, 0.29) is 36.0 Å². The van der Waals surface area contributed by atoms with Gasteiger partial charge in [-0.15, -0.1) is 0 Å². The lowest BCUT2D eigenvalue weighted by molar-refractivity contribution is -0.139. The van der Waals surface area contributed by atoms with Crippen LogP contribution >= 0.6 is 0 Å². The first-order valence-electron chi connectivity index (χ1n) is 14.2. The number of benzene rings is 2. The van der Waals surface area contributed by atoms with E-state index in [0.29, 0.717) is 30.4 Å². The smallest absolute Gasteiger partial charge is 0.473 e. The molecule has 2 rings (SSSR count). The highest BCUT2D eigenvalue weighted by Gasteiger charge is 2.36. The van der Waals surface area contributed by atoms with Crippen molar-refractivity contribution >= 4 is 38.2 Å². The van der Waals surface area contributed by atoms with E-state index >= 15 is 0 Å². The first-order chi connectivity index (χ1) is 20.2. The maximum Gasteiger partial charge on any atom is 0.564 e. The Kier molecular flexibility index (Phi) is 14.8. The Bertz CT molecular complexity index is 1190. The SMILES string of the molecule is CCCCC(CC)/C(=N\OC(=O)c1ccccc1)C(=O)c1ccc(OC(=O)CCCCC(=O)O[Si](C)(OC)OC)cc1. The van der Waals surface area contributed by atoms with E-state index in [9.17, 15) is 19.2 Å². The average Bonchev–Trinajstić information content (AvgIpc) is 3.01. The predicted octanol–water partition coefficient (Wildman–Crippen LogP) is 6.17. The number of rotatable bonds is 18. The fourth-order valence-electron chi connectivity index (χ4n) is 3.97. The van der Waals surface area contributed by atoms with Crippen molar-refractivity contribution in [1.29, 1.82) is 0 Å². The molecule has 0 aromatic heterocycles. The van der Waals surface area contributed by atoms with Crippen LogP contribution in [0.1, 0.15) is 85.9 Å². The predicted molar refractivity (Wildman–Crippen MR) is 159 cm³/mol. The van der Waals surface area contributed by atoms with Crippen molar-refractivity contribution in [3.05, 3.63) is 65.7 Å². The van der Waals surface area contributed by atoms with Gasteiger partial charge in [0.1, 0.15) is 11.5 Å². The Labute approximate surface area is 248 Å². The van der Waals surface area contributed by atoms with Crippen molar-refractivity contribution < 1.29 is 42.0 Å². The molecule has 0 fully saturated rings. The number of oxime groups is 1. The lowest BCUT2D eigenvalue weighted by Crippen LogP contribution is -2.42. The van der Waals surface area contributed by atoms with Crippen molar-refractivity contribution in [2.75, 3.05) is 14.2 Å². The van der Waals surface area contributed by atoms with Gasteiger partial charge in [-0.3, -0.25) is 14.4 Å². The number of carbonyl (C=O) groups is 4. The molecule has 0 aliphatic heterocycles. The Hall–Kier alpha value is -3.67. The summed E-state index contributed by atoms with van der Waals surface area (Å²) in [5, 5.41) is 4.04. The van der Waals surface area contributed by atoms with Gasteiger partial charge in [0.2, 0.25) is 5.78 Å². The average molecular weight is 600 g/mol. The van der Waals surface area contributed by atoms with Gasteiger partial charge < -0.3 is 22.9 Å². The monoisotopic (exact) mass is 599 g/mol. The third kappa shape index (κ3) is 11.3. The number of hydrogen-bond acceptors (Lipinski definition) is 10. The molecule has 2 aromatic carbocycles. The first-order valence-corrected chi connectivity index (χ1v) is 16.4. The van der Waals surface area contributed by atoms with Crippen molar-refractivity contribution in [3.8, 4) is 5.75 Å². The van der Waals surface area contributed by atoms with E-state index in [0.717, 1.165) is 19.3 Å². The van der Waals surface area contributed by atoms with E-state index in [2.05, 4.69) is 12.1 Å². The Morgan fingerprint density at radius 2 is 1.43 bits per heavy atom. The van der Waals surface area contributed by atoms with Crippen molar-refractivity contribution in [1.82, 2.24) is 0 Å². The summed E-state index contributed by atoms with van der Waals surface area (Å²) in [6.07, 6.45) is 4.34. The number of Topliss-reactive ketones (excluding diaryl/α,β-unsaturated/α-hetero) is 1. The molecule has 228 valence electrons. The summed E-state index contributed by atoms with van der Waals surface area (Å²) in [4.78, 5) is 55.4. The lowest BCUT2D eigenvalue weighted by Gasteiger charge is -2.21. The van der Waals surface area contributed by atoms with Gasteiger partial charge in [0, 0.05) is 45.1 Å². The zero-order valence-electron chi connectivity index (χ0n) is 25.1. The standard InChI is InChI=1S/C31H41NO9Si/c1-6-8-14-23(7-2)29(32-40-31(36)25-15-10-9-11-16-25)30(35)24-19-21-26(22-20-24)39-27(33)17-12-13-18-28(34)41-42(5,37-3)38-4/h9-11,15-16,19-23H,6-8,12-14,17-18H2,1-5H3/b32-29+.